The van der Waals surface area contributed by atoms with Gasteiger partial charge in [-0.05, 0) is 26.1 Å². The molecule has 0 aliphatic carbocycles. The number of hydrogen-bond acceptors (Lipinski definition) is 6. The van der Waals surface area contributed by atoms with Crippen LogP contribution in [0.1, 0.15) is 6.92 Å². The van der Waals surface area contributed by atoms with Crippen LogP contribution in [0, 0.1) is 0 Å². The predicted octanol–water partition coefficient (Wildman–Crippen LogP) is 2.54. The lowest BCUT2D eigenvalue weighted by molar-refractivity contribution is -0.144. The summed E-state index contributed by atoms with van der Waals surface area (Å²) in [4.78, 5) is 16.2. The van der Waals surface area contributed by atoms with Gasteiger partial charge in [0.25, 0.3) is 0 Å². The first-order valence-electron chi connectivity index (χ1n) is 6.07. The van der Waals surface area contributed by atoms with E-state index in [2.05, 4.69) is 16.4 Å². The monoisotopic (exact) mass is 296 g/mol. The Bertz CT molecular complexity index is 523. The molecule has 4 nitrogen and oxygen atoms in total. The molecule has 6 heteroatoms. The van der Waals surface area contributed by atoms with Gasteiger partial charge in [0, 0.05) is 5.75 Å². The van der Waals surface area contributed by atoms with Gasteiger partial charge in [0.15, 0.2) is 4.34 Å². The van der Waals surface area contributed by atoms with Crippen LogP contribution < -0.4 is 5.32 Å². The lowest BCUT2D eigenvalue weighted by Gasteiger charge is -2.12. The van der Waals surface area contributed by atoms with E-state index in [0.717, 1.165) is 9.86 Å². The highest BCUT2D eigenvalue weighted by Crippen LogP contribution is 2.29. The molecule has 1 heterocycles. The highest BCUT2D eigenvalue weighted by molar-refractivity contribution is 8.01. The molecular formula is C13H16N2O2S2. The van der Waals surface area contributed by atoms with Crippen molar-refractivity contribution in [1.82, 2.24) is 10.3 Å². The third kappa shape index (κ3) is 3.68. The van der Waals surface area contributed by atoms with Gasteiger partial charge in [-0.1, -0.05) is 23.9 Å². The third-order valence-corrected chi connectivity index (χ3v) is 4.84. The molecule has 1 N–H and O–H groups in total. The topological polar surface area (TPSA) is 51.2 Å². The molecule has 0 aliphatic rings. The fourth-order valence-corrected chi connectivity index (χ4v) is 3.76. The first kappa shape index (κ1) is 14.3. The molecule has 1 aromatic heterocycles. The molecule has 1 atom stereocenters. The van der Waals surface area contributed by atoms with Crippen molar-refractivity contribution in [2.45, 2.75) is 17.3 Å². The van der Waals surface area contributed by atoms with Crippen molar-refractivity contribution in [2.24, 2.45) is 0 Å². The van der Waals surface area contributed by atoms with Gasteiger partial charge in [-0.15, -0.1) is 11.3 Å². The number of para-hydroxylation sites is 1. The first-order chi connectivity index (χ1) is 9.24. The lowest BCUT2D eigenvalue weighted by Crippen LogP contribution is -2.37. The molecule has 2 aromatic rings. The van der Waals surface area contributed by atoms with Gasteiger partial charge in [-0.2, -0.15) is 0 Å². The Labute approximate surface area is 120 Å². The van der Waals surface area contributed by atoms with E-state index in [9.17, 15) is 4.79 Å². The van der Waals surface area contributed by atoms with Crippen LogP contribution in [0.25, 0.3) is 10.2 Å². The smallest absolute Gasteiger partial charge is 0.323 e. The second kappa shape index (κ2) is 6.88. The van der Waals surface area contributed by atoms with E-state index >= 15 is 0 Å². The van der Waals surface area contributed by atoms with E-state index in [-0.39, 0.29) is 12.0 Å². The summed E-state index contributed by atoms with van der Waals surface area (Å²) in [5.74, 6) is 0.411. The summed E-state index contributed by atoms with van der Waals surface area (Å²) in [6.45, 7) is 2.22. The minimum Gasteiger partial charge on any atom is -0.465 e. The van der Waals surface area contributed by atoms with Gasteiger partial charge < -0.3 is 10.1 Å². The molecule has 1 unspecified atom stereocenters. The van der Waals surface area contributed by atoms with Crippen LogP contribution in [-0.2, 0) is 9.53 Å². The second-order valence-electron chi connectivity index (χ2n) is 3.85. The molecule has 102 valence electrons. The number of rotatable bonds is 6. The quantitative estimate of drug-likeness (QED) is 0.656. The van der Waals surface area contributed by atoms with Gasteiger partial charge in [-0.25, -0.2) is 4.98 Å². The normalized spacial score (nSPS) is 12.5. The van der Waals surface area contributed by atoms with Gasteiger partial charge in [0.05, 0.1) is 16.8 Å². The minimum absolute atomic E-state index is 0.210. The Morgan fingerprint density at radius 3 is 3.00 bits per heavy atom. The number of hydrogen-bond donors (Lipinski definition) is 1. The largest absolute Gasteiger partial charge is 0.465 e. The summed E-state index contributed by atoms with van der Waals surface area (Å²) in [6, 6.07) is 7.74. The van der Waals surface area contributed by atoms with Gasteiger partial charge in [-0.3, -0.25) is 4.79 Å². The number of nitrogens with zero attached hydrogens (tertiary/aromatic N) is 1. The van der Waals surface area contributed by atoms with E-state index in [4.69, 9.17) is 4.74 Å². The number of aromatic nitrogens is 1. The summed E-state index contributed by atoms with van der Waals surface area (Å²) < 4.78 is 7.16. The van der Waals surface area contributed by atoms with Crippen LogP contribution in [-0.4, -0.2) is 36.4 Å². The molecule has 0 fully saturated rings. The van der Waals surface area contributed by atoms with Crippen molar-refractivity contribution in [3.8, 4) is 0 Å². The van der Waals surface area contributed by atoms with E-state index in [0.29, 0.717) is 12.4 Å². The van der Waals surface area contributed by atoms with Crippen LogP contribution in [0.15, 0.2) is 28.6 Å². The minimum atomic E-state index is -0.294. The number of carbonyl (C=O) groups is 1. The zero-order chi connectivity index (χ0) is 13.7. The zero-order valence-corrected chi connectivity index (χ0v) is 12.5. The summed E-state index contributed by atoms with van der Waals surface area (Å²) in [5.41, 5.74) is 1.01. The van der Waals surface area contributed by atoms with Crippen LogP contribution in [0.2, 0.25) is 0 Å². The summed E-state index contributed by atoms with van der Waals surface area (Å²) in [6.07, 6.45) is 0. The van der Waals surface area contributed by atoms with Crippen LogP contribution in [0.4, 0.5) is 0 Å². The Morgan fingerprint density at radius 2 is 2.32 bits per heavy atom. The van der Waals surface area contributed by atoms with Crippen LogP contribution in [0.3, 0.4) is 0 Å². The fraction of sp³-hybridized carbons (Fsp3) is 0.385. The fourth-order valence-electron chi connectivity index (χ4n) is 1.58. The Kier molecular flexibility index (Phi) is 5.18. The average Bonchev–Trinajstić information content (AvgIpc) is 2.82. The van der Waals surface area contributed by atoms with Crippen molar-refractivity contribution in [1.29, 1.82) is 0 Å². The number of esters is 1. The molecule has 0 saturated carbocycles. The number of fused-ring (bicyclic) bond motifs is 1. The molecule has 2 rings (SSSR count). The van der Waals surface area contributed by atoms with Crippen molar-refractivity contribution >= 4 is 39.3 Å². The predicted molar refractivity (Wildman–Crippen MR) is 79.8 cm³/mol. The number of ether oxygens (including phenoxy) is 1. The van der Waals surface area contributed by atoms with Gasteiger partial charge in [0.1, 0.15) is 6.04 Å². The number of nitrogens with one attached hydrogen (secondary N) is 1. The molecule has 1 aromatic carbocycles. The second-order valence-corrected chi connectivity index (χ2v) is 6.15. The molecular weight excluding hydrogens is 280 g/mol. The van der Waals surface area contributed by atoms with Gasteiger partial charge >= 0.3 is 5.97 Å². The lowest BCUT2D eigenvalue weighted by atomic mass is 10.3. The molecule has 0 radical (unpaired) electrons. The molecule has 0 spiro atoms. The highest BCUT2D eigenvalue weighted by Gasteiger charge is 2.18. The van der Waals surface area contributed by atoms with Crippen molar-refractivity contribution in [3.63, 3.8) is 0 Å². The van der Waals surface area contributed by atoms with E-state index < -0.39 is 0 Å². The maximum Gasteiger partial charge on any atom is 0.323 e. The SMILES string of the molecule is CCOC(=O)C(CSc1nc2ccccc2s1)NC. The van der Waals surface area contributed by atoms with E-state index in [1.807, 2.05) is 25.1 Å². The Morgan fingerprint density at radius 1 is 1.53 bits per heavy atom. The molecule has 19 heavy (non-hydrogen) atoms. The summed E-state index contributed by atoms with van der Waals surface area (Å²) in [7, 11) is 1.76. The number of carbonyl (C=O) groups excluding carboxylic acids is 1. The van der Waals surface area contributed by atoms with E-state index in [1.165, 1.54) is 4.70 Å². The highest BCUT2D eigenvalue weighted by atomic mass is 32.2. The van der Waals surface area contributed by atoms with Crippen molar-refractivity contribution in [3.05, 3.63) is 24.3 Å². The maximum atomic E-state index is 11.7. The summed E-state index contributed by atoms with van der Waals surface area (Å²) in [5, 5.41) is 2.97. The molecule has 0 aliphatic heterocycles. The maximum absolute atomic E-state index is 11.7. The number of thiazole rings is 1. The standard InChI is InChI=1S/C13H16N2O2S2/c1-3-17-12(16)10(14-2)8-18-13-15-9-6-4-5-7-11(9)19-13/h4-7,10,14H,3,8H2,1-2H3. The summed E-state index contributed by atoms with van der Waals surface area (Å²) >= 11 is 3.22. The average molecular weight is 296 g/mol. The number of likely N-dealkylation sites (N-methyl/N-ethyl adjacent to an activating group) is 1. The molecule has 0 amide bonds. The Hall–Kier alpha value is -1.11. The van der Waals surface area contributed by atoms with Crippen LogP contribution in [0.5, 0.6) is 0 Å². The first-order valence-corrected chi connectivity index (χ1v) is 7.87. The number of benzene rings is 1. The van der Waals surface area contributed by atoms with Crippen molar-refractivity contribution in [2.75, 3.05) is 19.4 Å². The van der Waals surface area contributed by atoms with E-state index in [1.54, 1.807) is 30.1 Å². The zero-order valence-electron chi connectivity index (χ0n) is 10.9. The molecule has 0 bridgehead atoms. The van der Waals surface area contributed by atoms with Gasteiger partial charge in [0.2, 0.25) is 0 Å². The molecule has 0 saturated heterocycles. The van der Waals surface area contributed by atoms with Crippen molar-refractivity contribution < 1.29 is 9.53 Å². The van der Waals surface area contributed by atoms with Crippen LogP contribution >= 0.6 is 23.1 Å². The Balaban J connectivity index is 1.98. The number of thioether (sulfide) groups is 1. The third-order valence-electron chi connectivity index (χ3n) is 2.57.